The fourth-order valence-corrected chi connectivity index (χ4v) is 2.95. The van der Waals surface area contributed by atoms with Gasteiger partial charge in [0.15, 0.2) is 5.65 Å². The molecule has 0 spiro atoms. The maximum Gasteiger partial charge on any atom is 0.273 e. The van der Waals surface area contributed by atoms with Gasteiger partial charge in [-0.1, -0.05) is 18.2 Å². The van der Waals surface area contributed by atoms with Gasteiger partial charge in [0, 0.05) is 11.9 Å². The summed E-state index contributed by atoms with van der Waals surface area (Å²) in [5, 5.41) is 13.4. The van der Waals surface area contributed by atoms with Crippen LogP contribution >= 0.6 is 0 Å². The molecule has 4 aromatic rings. The molecule has 0 aliphatic heterocycles. The number of para-hydroxylation sites is 1. The lowest BCUT2D eigenvalue weighted by atomic mass is 10.1. The van der Waals surface area contributed by atoms with E-state index in [0.717, 1.165) is 0 Å². The zero-order chi connectivity index (χ0) is 19.7. The number of fused-ring (bicyclic) bond motifs is 1. The van der Waals surface area contributed by atoms with E-state index in [-0.39, 0.29) is 11.0 Å². The molecule has 0 aliphatic rings. The summed E-state index contributed by atoms with van der Waals surface area (Å²) >= 11 is 0. The van der Waals surface area contributed by atoms with Crippen LogP contribution in [0.5, 0.6) is 5.75 Å². The predicted molar refractivity (Wildman–Crippen MR) is 103 cm³/mol. The SMILES string of the molecule is O=C(Nc1ccccc1)c1c(O)c2cccnc2n(-c2ccc(F)cc2)c1=O. The van der Waals surface area contributed by atoms with Crippen LogP contribution in [0, 0.1) is 5.82 Å². The number of halogens is 1. The summed E-state index contributed by atoms with van der Waals surface area (Å²) in [6, 6.07) is 16.9. The largest absolute Gasteiger partial charge is 0.506 e. The number of hydrogen-bond donors (Lipinski definition) is 2. The molecule has 2 aromatic carbocycles. The average molecular weight is 375 g/mol. The van der Waals surface area contributed by atoms with Gasteiger partial charge >= 0.3 is 0 Å². The summed E-state index contributed by atoms with van der Waals surface area (Å²) in [5.74, 6) is -1.68. The third-order valence-corrected chi connectivity index (χ3v) is 4.25. The molecule has 4 rings (SSSR count). The van der Waals surface area contributed by atoms with Gasteiger partial charge in [-0.15, -0.1) is 0 Å². The standard InChI is InChI=1S/C21H14FN3O3/c22-13-8-10-15(11-9-13)25-19-16(7-4-12-23-19)18(26)17(21(25)28)20(27)24-14-5-2-1-3-6-14/h1-12,26H,(H,24,27). The molecule has 2 N–H and O–H groups in total. The van der Waals surface area contributed by atoms with Gasteiger partial charge in [-0.3, -0.25) is 14.2 Å². The lowest BCUT2D eigenvalue weighted by molar-refractivity contribution is 0.102. The van der Waals surface area contributed by atoms with E-state index in [4.69, 9.17) is 0 Å². The van der Waals surface area contributed by atoms with Gasteiger partial charge in [0.2, 0.25) is 0 Å². The molecule has 1 amide bonds. The minimum atomic E-state index is -0.760. The van der Waals surface area contributed by atoms with Crippen molar-refractivity contribution in [2.45, 2.75) is 0 Å². The summed E-state index contributed by atoms with van der Waals surface area (Å²) in [6.07, 6.45) is 1.46. The maximum absolute atomic E-state index is 13.3. The van der Waals surface area contributed by atoms with Crippen molar-refractivity contribution in [3.8, 4) is 11.4 Å². The first kappa shape index (κ1) is 17.4. The van der Waals surface area contributed by atoms with E-state index in [2.05, 4.69) is 10.3 Å². The molecule has 0 bridgehead atoms. The fourth-order valence-electron chi connectivity index (χ4n) is 2.95. The average Bonchev–Trinajstić information content (AvgIpc) is 2.70. The number of carbonyl (C=O) groups is 1. The number of hydrogen-bond acceptors (Lipinski definition) is 4. The molecule has 6 nitrogen and oxygen atoms in total. The molecule has 28 heavy (non-hydrogen) atoms. The van der Waals surface area contributed by atoms with Crippen LogP contribution in [-0.4, -0.2) is 20.6 Å². The summed E-state index contributed by atoms with van der Waals surface area (Å²) in [5.41, 5.74) is -0.222. The Bertz CT molecular complexity index is 1240. The second-order valence-corrected chi connectivity index (χ2v) is 6.04. The van der Waals surface area contributed by atoms with E-state index in [1.54, 1.807) is 42.5 Å². The Morgan fingerprint density at radius 1 is 1.00 bits per heavy atom. The Balaban J connectivity index is 1.96. The summed E-state index contributed by atoms with van der Waals surface area (Å²) in [6.45, 7) is 0. The zero-order valence-corrected chi connectivity index (χ0v) is 14.5. The van der Waals surface area contributed by atoms with Gasteiger partial charge in [-0.2, -0.15) is 0 Å². The Kier molecular flexibility index (Phi) is 4.33. The second-order valence-electron chi connectivity index (χ2n) is 6.04. The van der Waals surface area contributed by atoms with Crippen LogP contribution in [0.4, 0.5) is 10.1 Å². The summed E-state index contributed by atoms with van der Waals surface area (Å²) < 4.78 is 14.5. The van der Waals surface area contributed by atoms with Gasteiger partial charge in [-0.05, 0) is 48.5 Å². The second kappa shape index (κ2) is 6.96. The van der Waals surface area contributed by atoms with E-state index in [9.17, 15) is 19.1 Å². The third-order valence-electron chi connectivity index (χ3n) is 4.25. The number of amides is 1. The number of rotatable bonds is 3. The normalized spacial score (nSPS) is 10.8. The zero-order valence-electron chi connectivity index (χ0n) is 14.5. The number of aromatic nitrogens is 2. The van der Waals surface area contributed by atoms with Crippen molar-refractivity contribution < 1.29 is 14.3 Å². The molecule has 0 saturated carbocycles. The van der Waals surface area contributed by atoms with Crippen LogP contribution in [-0.2, 0) is 0 Å². The number of nitrogens with one attached hydrogen (secondary N) is 1. The molecule has 7 heteroatoms. The van der Waals surface area contributed by atoms with Gasteiger partial charge < -0.3 is 10.4 Å². The lowest BCUT2D eigenvalue weighted by Crippen LogP contribution is -2.29. The highest BCUT2D eigenvalue weighted by molar-refractivity contribution is 6.08. The first-order chi connectivity index (χ1) is 13.6. The van der Waals surface area contributed by atoms with Crippen molar-refractivity contribution >= 4 is 22.6 Å². The van der Waals surface area contributed by atoms with Crippen molar-refractivity contribution in [1.29, 1.82) is 0 Å². The van der Waals surface area contributed by atoms with E-state index in [0.29, 0.717) is 11.4 Å². The van der Waals surface area contributed by atoms with Crippen molar-refractivity contribution in [2.75, 3.05) is 5.32 Å². The molecule has 0 atom stereocenters. The third kappa shape index (κ3) is 2.99. The highest BCUT2D eigenvalue weighted by Gasteiger charge is 2.23. The van der Waals surface area contributed by atoms with Crippen molar-refractivity contribution in [3.05, 3.63) is 94.7 Å². The molecule has 0 radical (unpaired) electrons. The fraction of sp³-hybridized carbons (Fsp3) is 0. The van der Waals surface area contributed by atoms with E-state index >= 15 is 0 Å². The van der Waals surface area contributed by atoms with E-state index in [1.807, 2.05) is 0 Å². The van der Waals surface area contributed by atoms with Crippen molar-refractivity contribution in [1.82, 2.24) is 9.55 Å². The first-order valence-electron chi connectivity index (χ1n) is 8.41. The van der Waals surface area contributed by atoms with Gasteiger partial charge in [0.05, 0.1) is 11.1 Å². The smallest absolute Gasteiger partial charge is 0.273 e. The number of pyridine rings is 2. The van der Waals surface area contributed by atoms with Gasteiger partial charge in [0.1, 0.15) is 17.1 Å². The molecule has 138 valence electrons. The van der Waals surface area contributed by atoms with E-state index in [1.165, 1.54) is 35.0 Å². The van der Waals surface area contributed by atoms with Crippen molar-refractivity contribution in [2.24, 2.45) is 0 Å². The highest BCUT2D eigenvalue weighted by Crippen LogP contribution is 2.27. The minimum absolute atomic E-state index is 0.160. The van der Waals surface area contributed by atoms with Crippen LogP contribution in [0.25, 0.3) is 16.7 Å². The molecule has 2 aromatic heterocycles. The molecule has 0 aliphatic carbocycles. The predicted octanol–water partition coefficient (Wildman–Crippen LogP) is 3.48. The number of anilines is 1. The lowest BCUT2D eigenvalue weighted by Gasteiger charge is -2.14. The van der Waals surface area contributed by atoms with Crippen LogP contribution in [0.15, 0.2) is 77.7 Å². The number of carbonyl (C=O) groups excluding carboxylic acids is 1. The Morgan fingerprint density at radius 3 is 2.43 bits per heavy atom. The van der Waals surface area contributed by atoms with Crippen molar-refractivity contribution in [3.63, 3.8) is 0 Å². The van der Waals surface area contributed by atoms with Crippen LogP contribution in [0.3, 0.4) is 0 Å². The number of benzene rings is 2. The molecule has 2 heterocycles. The topological polar surface area (TPSA) is 84.2 Å². The molecule has 0 saturated heterocycles. The number of aromatic hydroxyl groups is 1. The van der Waals surface area contributed by atoms with Gasteiger partial charge in [-0.25, -0.2) is 9.37 Å². The Labute approximate surface area is 158 Å². The highest BCUT2D eigenvalue weighted by atomic mass is 19.1. The van der Waals surface area contributed by atoms with Crippen LogP contribution in [0.1, 0.15) is 10.4 Å². The Morgan fingerprint density at radius 2 is 1.71 bits per heavy atom. The monoisotopic (exact) mass is 375 g/mol. The van der Waals surface area contributed by atoms with Gasteiger partial charge in [0.25, 0.3) is 11.5 Å². The van der Waals surface area contributed by atoms with Crippen LogP contribution in [0.2, 0.25) is 0 Å². The van der Waals surface area contributed by atoms with Crippen LogP contribution < -0.4 is 10.9 Å². The first-order valence-corrected chi connectivity index (χ1v) is 8.41. The quantitative estimate of drug-likeness (QED) is 0.574. The number of nitrogens with zero attached hydrogens (tertiary/aromatic N) is 2. The minimum Gasteiger partial charge on any atom is -0.506 e. The molecular weight excluding hydrogens is 361 g/mol. The van der Waals surface area contributed by atoms with E-state index < -0.39 is 28.6 Å². The maximum atomic E-state index is 13.3. The summed E-state index contributed by atoms with van der Waals surface area (Å²) in [4.78, 5) is 30.1. The molecular formula is C21H14FN3O3. The molecule has 0 fully saturated rings. The molecule has 0 unspecified atom stereocenters. The summed E-state index contributed by atoms with van der Waals surface area (Å²) in [7, 11) is 0. The Hall–Kier alpha value is -4.00.